The van der Waals surface area contributed by atoms with Crippen LogP contribution in [0.25, 0.3) is 0 Å². The minimum atomic E-state index is -0.194. The minimum Gasteiger partial charge on any atom is -0.289 e. The zero-order chi connectivity index (χ0) is 23.5. The maximum absolute atomic E-state index is 13.5. The van der Waals surface area contributed by atoms with Crippen molar-refractivity contribution in [3.05, 3.63) is 69.8 Å². The van der Waals surface area contributed by atoms with Gasteiger partial charge < -0.3 is 0 Å². The summed E-state index contributed by atoms with van der Waals surface area (Å²) in [5, 5.41) is 17.7. The van der Waals surface area contributed by atoms with Crippen molar-refractivity contribution in [3.8, 4) is 12.1 Å². The number of ketones is 2. The first kappa shape index (κ1) is 23.4. The molecule has 4 nitrogen and oxygen atoms in total. The molecule has 0 heterocycles. The largest absolute Gasteiger partial charge is 0.289 e. The topological polar surface area (TPSA) is 81.7 Å². The molecule has 0 amide bonds. The van der Waals surface area contributed by atoms with Crippen LogP contribution in [0.2, 0.25) is 0 Å². The highest BCUT2D eigenvalue weighted by molar-refractivity contribution is 6.28. The number of hydrogen-bond donors (Lipinski definition) is 0. The maximum Gasteiger partial charge on any atom is 0.194 e. The van der Waals surface area contributed by atoms with Crippen LogP contribution in [0.15, 0.2) is 36.4 Å². The van der Waals surface area contributed by atoms with Crippen LogP contribution >= 0.6 is 0 Å². The summed E-state index contributed by atoms with van der Waals surface area (Å²) < 4.78 is 0. The van der Waals surface area contributed by atoms with E-state index >= 15 is 0 Å². The van der Waals surface area contributed by atoms with Crippen LogP contribution in [0, 0.1) is 22.7 Å². The highest BCUT2D eigenvalue weighted by Crippen LogP contribution is 2.36. The van der Waals surface area contributed by atoms with E-state index in [2.05, 4.69) is 39.8 Å². The Balaban J connectivity index is 1.97. The molecule has 1 aliphatic carbocycles. The van der Waals surface area contributed by atoms with Crippen molar-refractivity contribution in [1.82, 2.24) is 0 Å². The molecule has 0 saturated carbocycles. The molecule has 0 N–H and O–H groups in total. The first-order valence-electron chi connectivity index (χ1n) is 11.2. The molecule has 0 atom stereocenters. The third-order valence-corrected chi connectivity index (χ3v) is 6.76. The number of fused-ring (bicyclic) bond motifs is 2. The van der Waals surface area contributed by atoms with Crippen molar-refractivity contribution in [1.29, 1.82) is 10.5 Å². The smallest absolute Gasteiger partial charge is 0.194 e. The fraction of sp³-hybridized carbons (Fsp3) is 0.429. The lowest BCUT2D eigenvalue weighted by Gasteiger charge is -2.29. The number of benzene rings is 2. The summed E-state index contributed by atoms with van der Waals surface area (Å²) in [7, 11) is 0. The molecular weight excluding hydrogens is 396 g/mol. The number of nitriles is 2. The molecule has 1 aliphatic rings. The minimum absolute atomic E-state index is 0.112. The molecule has 0 aromatic heterocycles. The zero-order valence-corrected chi connectivity index (χ0v) is 19.4. The summed E-state index contributed by atoms with van der Waals surface area (Å²) in [6.45, 7) is 8.43. The molecule has 0 bridgehead atoms. The second kappa shape index (κ2) is 9.09. The van der Waals surface area contributed by atoms with Crippen LogP contribution in [0.1, 0.15) is 109 Å². The van der Waals surface area contributed by atoms with Crippen LogP contribution in [-0.2, 0) is 10.8 Å². The molecule has 0 aliphatic heterocycles. The first-order valence-corrected chi connectivity index (χ1v) is 11.2. The number of rotatable bonds is 8. The SMILES string of the molecule is CC(C)(CCCC#N)c1ccc2c(c1)C(=O)c1cc(C(C)(C)CCCC#N)ccc1C2=O. The number of carbonyl (C=O) groups excluding carboxylic acids is 2. The first-order chi connectivity index (χ1) is 15.1. The van der Waals surface area contributed by atoms with E-state index in [-0.39, 0.29) is 22.4 Å². The molecule has 2 aromatic carbocycles. The number of nitrogens with zero attached hydrogens (tertiary/aromatic N) is 2. The van der Waals surface area contributed by atoms with E-state index in [0.717, 1.165) is 36.8 Å². The molecule has 0 unspecified atom stereocenters. The second-order valence-electron chi connectivity index (χ2n) is 9.97. The summed E-state index contributed by atoms with van der Waals surface area (Å²) >= 11 is 0. The van der Waals surface area contributed by atoms with Gasteiger partial charge in [-0.25, -0.2) is 0 Å². The Bertz CT molecular complexity index is 1060. The van der Waals surface area contributed by atoms with Crippen LogP contribution in [0.4, 0.5) is 0 Å². The fourth-order valence-corrected chi connectivity index (χ4v) is 4.50. The number of carbonyl (C=O) groups is 2. The van der Waals surface area contributed by atoms with Gasteiger partial charge in [0.1, 0.15) is 0 Å². The van der Waals surface area contributed by atoms with Gasteiger partial charge in [-0.05, 0) is 71.9 Å². The van der Waals surface area contributed by atoms with Crippen LogP contribution in [0.5, 0.6) is 0 Å². The lowest BCUT2D eigenvalue weighted by atomic mass is 9.74. The van der Waals surface area contributed by atoms with Gasteiger partial charge in [-0.15, -0.1) is 0 Å². The quantitative estimate of drug-likeness (QED) is 0.390. The third kappa shape index (κ3) is 4.51. The average Bonchev–Trinajstić information content (AvgIpc) is 2.77. The van der Waals surface area contributed by atoms with E-state index in [9.17, 15) is 9.59 Å². The van der Waals surface area contributed by atoms with Gasteiger partial charge in [0.15, 0.2) is 11.6 Å². The van der Waals surface area contributed by atoms with Crippen molar-refractivity contribution in [2.45, 2.75) is 77.0 Å². The van der Waals surface area contributed by atoms with Crippen molar-refractivity contribution in [3.63, 3.8) is 0 Å². The van der Waals surface area contributed by atoms with Crippen molar-refractivity contribution in [2.24, 2.45) is 0 Å². The molecule has 2 aromatic rings. The van der Waals surface area contributed by atoms with Crippen molar-refractivity contribution >= 4 is 11.6 Å². The predicted molar refractivity (Wildman–Crippen MR) is 125 cm³/mol. The lowest BCUT2D eigenvalue weighted by Crippen LogP contribution is -2.25. The van der Waals surface area contributed by atoms with Crippen molar-refractivity contribution < 1.29 is 9.59 Å². The molecule has 0 fully saturated rings. The van der Waals surface area contributed by atoms with Gasteiger partial charge in [0, 0.05) is 35.1 Å². The highest BCUT2D eigenvalue weighted by atomic mass is 16.1. The summed E-state index contributed by atoms with van der Waals surface area (Å²) in [5.74, 6) is -0.226. The molecule has 0 radical (unpaired) electrons. The summed E-state index contributed by atoms with van der Waals surface area (Å²) in [6, 6.07) is 15.5. The Labute approximate surface area is 190 Å². The van der Waals surface area contributed by atoms with Gasteiger partial charge in [0.05, 0.1) is 12.1 Å². The monoisotopic (exact) mass is 426 g/mol. The molecular formula is C28H30N2O2. The second-order valence-corrected chi connectivity index (χ2v) is 9.97. The van der Waals surface area contributed by atoms with E-state index in [0.29, 0.717) is 35.1 Å². The maximum atomic E-state index is 13.5. The van der Waals surface area contributed by atoms with Gasteiger partial charge >= 0.3 is 0 Å². The van der Waals surface area contributed by atoms with E-state index in [1.54, 1.807) is 12.1 Å². The van der Waals surface area contributed by atoms with Gasteiger partial charge in [0.2, 0.25) is 0 Å². The predicted octanol–water partition coefficient (Wildman–Crippen LogP) is 6.40. The Kier molecular flexibility index (Phi) is 6.65. The average molecular weight is 427 g/mol. The Morgan fingerprint density at radius 3 is 1.41 bits per heavy atom. The van der Waals surface area contributed by atoms with E-state index < -0.39 is 0 Å². The van der Waals surface area contributed by atoms with Crippen LogP contribution in [0.3, 0.4) is 0 Å². The molecule has 3 rings (SSSR count). The van der Waals surface area contributed by atoms with Crippen molar-refractivity contribution in [2.75, 3.05) is 0 Å². The number of unbranched alkanes of at least 4 members (excludes halogenated alkanes) is 2. The lowest BCUT2D eigenvalue weighted by molar-refractivity contribution is 0.0978. The van der Waals surface area contributed by atoms with Crippen LogP contribution in [-0.4, -0.2) is 11.6 Å². The normalized spacial score (nSPS) is 13.2. The molecule has 0 spiro atoms. The third-order valence-electron chi connectivity index (χ3n) is 6.76. The molecule has 0 saturated heterocycles. The van der Waals surface area contributed by atoms with Gasteiger partial charge in [-0.2, -0.15) is 10.5 Å². The summed E-state index contributed by atoms with van der Waals surface area (Å²) in [5.41, 5.74) is 3.47. The van der Waals surface area contributed by atoms with E-state index in [1.165, 1.54) is 0 Å². The fourth-order valence-electron chi connectivity index (χ4n) is 4.50. The molecule has 32 heavy (non-hydrogen) atoms. The van der Waals surface area contributed by atoms with Crippen LogP contribution < -0.4 is 0 Å². The highest BCUT2D eigenvalue weighted by Gasteiger charge is 2.33. The van der Waals surface area contributed by atoms with E-state index in [1.807, 2.05) is 24.3 Å². The Hall–Kier alpha value is -3.24. The Morgan fingerprint density at radius 1 is 0.656 bits per heavy atom. The van der Waals surface area contributed by atoms with E-state index in [4.69, 9.17) is 10.5 Å². The standard InChI is InChI=1S/C28H30N2O2/c1-27(2,13-5-7-15-29)19-9-11-21-23(17-19)26(32)24-18-20(10-12-22(24)25(21)31)28(3,4)14-6-8-16-30/h9-12,17-18H,5-8,13-14H2,1-4H3. The molecule has 164 valence electrons. The number of hydrogen-bond acceptors (Lipinski definition) is 4. The van der Waals surface area contributed by atoms with Gasteiger partial charge in [-0.1, -0.05) is 39.8 Å². The molecule has 4 heteroatoms. The Morgan fingerprint density at radius 2 is 1.03 bits per heavy atom. The van der Waals surface area contributed by atoms with Gasteiger partial charge in [0.25, 0.3) is 0 Å². The zero-order valence-electron chi connectivity index (χ0n) is 19.4. The van der Waals surface area contributed by atoms with Gasteiger partial charge in [-0.3, -0.25) is 9.59 Å². The summed E-state index contributed by atoms with van der Waals surface area (Å²) in [6.07, 6.45) is 4.26. The summed E-state index contributed by atoms with van der Waals surface area (Å²) in [4.78, 5) is 26.7.